The SMILES string of the molecule is CCCCCC/C=C\CCCCCCCCCC(=O)OC[C@H](COP(=O)(O)OC[C@H](O)COP(=O)(O)OC[C@@H](COC(=O)CCCCCCC/C=C\CCCCCCCC)OC(=O)CCCCCCCCC/C=C\CCCCCC)OC(=O)CCCCCCC/C=C\CCCCCCCC. The van der Waals surface area contributed by atoms with Crippen LogP contribution < -0.4 is 0 Å². The van der Waals surface area contributed by atoms with Gasteiger partial charge in [0.15, 0.2) is 12.2 Å². The van der Waals surface area contributed by atoms with E-state index >= 15 is 0 Å². The lowest BCUT2D eigenvalue weighted by atomic mass is 10.1. The van der Waals surface area contributed by atoms with E-state index in [4.69, 9.17) is 37.0 Å². The zero-order valence-corrected chi connectivity index (χ0v) is 65.9. The molecule has 0 fully saturated rings. The molecular formula is C81H150O17P2. The zero-order valence-electron chi connectivity index (χ0n) is 64.1. The third-order valence-corrected chi connectivity index (χ3v) is 19.6. The number of aliphatic hydroxyl groups excluding tert-OH is 1. The number of unbranched alkanes of at least 4 members (excludes halogenated alkanes) is 44. The Kier molecular flexibility index (Phi) is 72.1. The third kappa shape index (κ3) is 73.3. The number of allylic oxidation sites excluding steroid dienone is 8. The maximum absolute atomic E-state index is 13.1. The highest BCUT2D eigenvalue weighted by Gasteiger charge is 2.30. The molecule has 3 N–H and O–H groups in total. The second-order valence-electron chi connectivity index (χ2n) is 27.7. The first-order chi connectivity index (χ1) is 48.7. The minimum absolute atomic E-state index is 0.0895. The number of phosphoric acid groups is 2. The number of phosphoric ester groups is 2. The smallest absolute Gasteiger partial charge is 0.462 e. The molecule has 0 aliphatic carbocycles. The van der Waals surface area contributed by atoms with Gasteiger partial charge in [0, 0.05) is 25.7 Å². The van der Waals surface area contributed by atoms with Crippen LogP contribution in [0.15, 0.2) is 48.6 Å². The summed E-state index contributed by atoms with van der Waals surface area (Å²) in [4.78, 5) is 73.0. The summed E-state index contributed by atoms with van der Waals surface area (Å²) in [5, 5.41) is 10.6. The normalized spacial score (nSPS) is 14.1. The van der Waals surface area contributed by atoms with Crippen molar-refractivity contribution in [3.8, 4) is 0 Å². The van der Waals surface area contributed by atoms with Gasteiger partial charge in [-0.2, -0.15) is 0 Å². The lowest BCUT2D eigenvalue weighted by Crippen LogP contribution is -2.30. The second kappa shape index (κ2) is 74.3. The largest absolute Gasteiger partial charge is 0.472 e. The first-order valence-electron chi connectivity index (χ1n) is 40.9. The lowest BCUT2D eigenvalue weighted by Gasteiger charge is -2.21. The van der Waals surface area contributed by atoms with Crippen molar-refractivity contribution in [1.29, 1.82) is 0 Å². The summed E-state index contributed by atoms with van der Waals surface area (Å²) in [5.74, 6) is -2.16. The minimum Gasteiger partial charge on any atom is -0.462 e. The minimum atomic E-state index is -4.97. The molecule has 0 aliphatic heterocycles. The first-order valence-corrected chi connectivity index (χ1v) is 43.9. The molecule has 0 aromatic carbocycles. The van der Waals surface area contributed by atoms with Gasteiger partial charge in [-0.05, 0) is 128 Å². The maximum Gasteiger partial charge on any atom is 0.472 e. The summed E-state index contributed by atoms with van der Waals surface area (Å²) in [7, 11) is -9.94. The highest BCUT2D eigenvalue weighted by Crippen LogP contribution is 2.45. The molecule has 0 rings (SSSR count). The number of aliphatic hydroxyl groups is 1. The van der Waals surface area contributed by atoms with Crippen molar-refractivity contribution in [3.63, 3.8) is 0 Å². The number of esters is 4. The van der Waals surface area contributed by atoms with Crippen LogP contribution in [0.2, 0.25) is 0 Å². The molecule has 0 aromatic rings. The molecule has 586 valence electrons. The number of carbonyl (C=O) groups excluding carboxylic acids is 4. The zero-order chi connectivity index (χ0) is 73.2. The molecule has 0 aliphatic rings. The standard InChI is InChI=1S/C81H150O17P2/c1-5-9-13-17-21-25-29-33-37-41-45-49-53-57-61-65-78(83)91-71-76(97-80(85)67-63-59-55-51-47-43-39-35-31-27-23-19-15-11-7-3)73-95-99(87,88)93-69-75(82)70-94-100(89,90)96-74-77(98-81(86)68-64-60-56-52-48-44-40-36-32-28-24-20-16-12-8-4)72-92-79(84)66-62-58-54-50-46-42-38-34-30-26-22-18-14-10-6-2/h25,28-29,32,34-35,38-39,75-77,82H,5-24,26-27,30-31,33,36-37,40-74H2,1-4H3,(H,87,88)(H,89,90)/b29-25-,32-28-,38-34-,39-35-/t75-,76+,77+/m0/s1. The number of hydrogen-bond donors (Lipinski definition) is 3. The topological polar surface area (TPSA) is 237 Å². The summed E-state index contributed by atoms with van der Waals surface area (Å²) in [6, 6.07) is 0. The third-order valence-electron chi connectivity index (χ3n) is 17.7. The molecule has 2 unspecified atom stereocenters. The van der Waals surface area contributed by atoms with Crippen molar-refractivity contribution in [1.82, 2.24) is 0 Å². The Balaban J connectivity index is 5.33. The molecule has 0 amide bonds. The van der Waals surface area contributed by atoms with Crippen LogP contribution in [0.25, 0.3) is 0 Å². The van der Waals surface area contributed by atoms with Gasteiger partial charge in [-0.1, -0.05) is 282 Å². The molecular weight excluding hydrogens is 1310 g/mol. The number of carbonyl (C=O) groups is 4. The Morgan fingerprint density at radius 1 is 0.270 bits per heavy atom. The lowest BCUT2D eigenvalue weighted by molar-refractivity contribution is -0.161. The number of ether oxygens (including phenoxy) is 4. The van der Waals surface area contributed by atoms with E-state index in [-0.39, 0.29) is 25.7 Å². The Morgan fingerprint density at radius 3 is 0.700 bits per heavy atom. The van der Waals surface area contributed by atoms with Gasteiger partial charge in [-0.3, -0.25) is 37.3 Å². The van der Waals surface area contributed by atoms with E-state index in [1.165, 1.54) is 141 Å². The van der Waals surface area contributed by atoms with Crippen LogP contribution in [0.3, 0.4) is 0 Å². The summed E-state index contributed by atoms with van der Waals surface area (Å²) in [6.07, 6.45) is 72.2. The van der Waals surface area contributed by atoms with Crippen molar-refractivity contribution in [2.75, 3.05) is 39.6 Å². The Hall–Kier alpha value is -2.98. The van der Waals surface area contributed by atoms with Crippen LogP contribution in [0, 0.1) is 0 Å². The van der Waals surface area contributed by atoms with Crippen LogP contribution >= 0.6 is 15.6 Å². The molecule has 17 nitrogen and oxygen atoms in total. The van der Waals surface area contributed by atoms with E-state index in [0.29, 0.717) is 25.7 Å². The van der Waals surface area contributed by atoms with Gasteiger partial charge in [0.25, 0.3) is 0 Å². The molecule has 0 heterocycles. The van der Waals surface area contributed by atoms with Gasteiger partial charge < -0.3 is 33.8 Å². The van der Waals surface area contributed by atoms with Crippen LogP contribution in [0.4, 0.5) is 0 Å². The van der Waals surface area contributed by atoms with E-state index in [9.17, 15) is 43.2 Å². The first kappa shape index (κ1) is 97.0. The molecule has 0 saturated carbocycles. The average molecular weight is 1460 g/mol. The highest BCUT2D eigenvalue weighted by molar-refractivity contribution is 7.47. The van der Waals surface area contributed by atoms with Crippen molar-refractivity contribution < 1.29 is 80.2 Å². The Labute approximate surface area is 610 Å². The Morgan fingerprint density at radius 2 is 0.460 bits per heavy atom. The molecule has 0 aromatic heterocycles. The van der Waals surface area contributed by atoms with Crippen LogP contribution in [0.1, 0.15) is 387 Å². The van der Waals surface area contributed by atoms with Crippen LogP contribution in [0.5, 0.6) is 0 Å². The van der Waals surface area contributed by atoms with Gasteiger partial charge in [0.1, 0.15) is 19.3 Å². The molecule has 0 bridgehead atoms. The molecule has 0 spiro atoms. The second-order valence-corrected chi connectivity index (χ2v) is 30.6. The number of rotatable bonds is 78. The van der Waals surface area contributed by atoms with E-state index in [1.807, 2.05) is 0 Å². The monoisotopic (exact) mass is 1460 g/mol. The molecule has 0 radical (unpaired) electrons. The fourth-order valence-electron chi connectivity index (χ4n) is 11.4. The van der Waals surface area contributed by atoms with Crippen molar-refractivity contribution >= 4 is 39.5 Å². The number of hydrogen-bond acceptors (Lipinski definition) is 15. The summed E-state index contributed by atoms with van der Waals surface area (Å²) in [5.41, 5.74) is 0. The fraction of sp³-hybridized carbons (Fsp3) is 0.852. The fourth-order valence-corrected chi connectivity index (χ4v) is 13.0. The Bertz CT molecular complexity index is 2080. The predicted molar refractivity (Wildman–Crippen MR) is 409 cm³/mol. The van der Waals surface area contributed by atoms with Crippen LogP contribution in [-0.2, 0) is 65.4 Å². The van der Waals surface area contributed by atoms with E-state index < -0.39 is 97.5 Å². The van der Waals surface area contributed by atoms with Gasteiger partial charge in [0.2, 0.25) is 0 Å². The van der Waals surface area contributed by atoms with Gasteiger partial charge in [-0.25, -0.2) is 9.13 Å². The van der Waals surface area contributed by atoms with Crippen molar-refractivity contribution in [2.45, 2.75) is 406 Å². The van der Waals surface area contributed by atoms with Gasteiger partial charge in [-0.15, -0.1) is 0 Å². The van der Waals surface area contributed by atoms with E-state index in [2.05, 4.69) is 76.3 Å². The quantitative estimate of drug-likeness (QED) is 0.0169. The highest BCUT2D eigenvalue weighted by atomic mass is 31.2. The maximum atomic E-state index is 13.1. The van der Waals surface area contributed by atoms with Gasteiger partial charge in [0.05, 0.1) is 26.4 Å². The van der Waals surface area contributed by atoms with Gasteiger partial charge >= 0.3 is 39.5 Å². The van der Waals surface area contributed by atoms with E-state index in [0.717, 1.165) is 167 Å². The van der Waals surface area contributed by atoms with Crippen molar-refractivity contribution in [3.05, 3.63) is 48.6 Å². The molecule has 5 atom stereocenters. The molecule has 100 heavy (non-hydrogen) atoms. The molecule has 19 heteroatoms. The summed E-state index contributed by atoms with van der Waals surface area (Å²) < 4.78 is 68.7. The average Bonchev–Trinajstić information content (AvgIpc) is 1.01. The van der Waals surface area contributed by atoms with Crippen LogP contribution in [-0.4, -0.2) is 96.7 Å². The predicted octanol–water partition coefficient (Wildman–Crippen LogP) is 23.7. The summed E-state index contributed by atoms with van der Waals surface area (Å²) in [6.45, 7) is 4.90. The molecule has 0 saturated heterocycles. The van der Waals surface area contributed by atoms with E-state index in [1.54, 1.807) is 0 Å². The summed E-state index contributed by atoms with van der Waals surface area (Å²) >= 11 is 0. The van der Waals surface area contributed by atoms with Crippen molar-refractivity contribution in [2.24, 2.45) is 0 Å².